The predicted molar refractivity (Wildman–Crippen MR) is 112 cm³/mol. The Balaban J connectivity index is 2.16. The van der Waals surface area contributed by atoms with Crippen molar-refractivity contribution in [2.24, 2.45) is 0 Å². The molecule has 3 rings (SSSR count). The van der Waals surface area contributed by atoms with Crippen LogP contribution in [0.3, 0.4) is 0 Å². The van der Waals surface area contributed by atoms with Crippen LogP contribution in [0.1, 0.15) is 37.2 Å². The van der Waals surface area contributed by atoms with E-state index < -0.39 is 10.7 Å². The summed E-state index contributed by atoms with van der Waals surface area (Å²) in [7, 11) is 0. The Hall–Kier alpha value is -3.55. The first-order chi connectivity index (χ1) is 14.5. The van der Waals surface area contributed by atoms with Gasteiger partial charge in [0.05, 0.1) is 16.3 Å². The molecular weight excluding hydrogens is 387 g/mol. The number of nitrogens with zero attached hydrogens (tertiary/aromatic N) is 4. The van der Waals surface area contributed by atoms with Crippen LogP contribution in [-0.2, 0) is 0 Å². The van der Waals surface area contributed by atoms with Crippen LogP contribution in [0.15, 0.2) is 54.6 Å². The van der Waals surface area contributed by atoms with Crippen LogP contribution in [0.25, 0.3) is 16.9 Å². The molecular formula is C22H23FN4O3. The van der Waals surface area contributed by atoms with Gasteiger partial charge in [0.2, 0.25) is 0 Å². The lowest BCUT2D eigenvalue weighted by Gasteiger charge is -2.21. The zero-order valence-electron chi connectivity index (χ0n) is 16.9. The first-order valence-corrected chi connectivity index (χ1v) is 9.85. The highest BCUT2D eigenvalue weighted by Gasteiger charge is 2.23. The maximum absolute atomic E-state index is 14.4. The molecule has 2 aromatic carbocycles. The number of hydrogen-bond donors (Lipinski definition) is 0. The van der Waals surface area contributed by atoms with Gasteiger partial charge in [-0.1, -0.05) is 32.0 Å². The van der Waals surface area contributed by atoms with E-state index in [0.29, 0.717) is 18.8 Å². The fourth-order valence-electron chi connectivity index (χ4n) is 3.29. The Morgan fingerprint density at radius 3 is 2.43 bits per heavy atom. The number of carbonyl (C=O) groups is 1. The minimum atomic E-state index is -0.507. The lowest BCUT2D eigenvalue weighted by Crippen LogP contribution is -2.33. The van der Waals surface area contributed by atoms with Crippen LogP contribution >= 0.6 is 0 Å². The number of rotatable bonds is 8. The van der Waals surface area contributed by atoms with Gasteiger partial charge in [-0.25, -0.2) is 9.07 Å². The van der Waals surface area contributed by atoms with Gasteiger partial charge in [-0.3, -0.25) is 14.9 Å². The fourth-order valence-corrected chi connectivity index (χ4v) is 3.29. The van der Waals surface area contributed by atoms with Gasteiger partial charge in [-0.15, -0.1) is 0 Å². The number of non-ortho nitro benzene ring substituents is 1. The summed E-state index contributed by atoms with van der Waals surface area (Å²) in [6, 6.07) is 13.6. The van der Waals surface area contributed by atoms with E-state index in [1.54, 1.807) is 29.2 Å². The summed E-state index contributed by atoms with van der Waals surface area (Å²) in [4.78, 5) is 25.7. The Morgan fingerprint density at radius 2 is 1.80 bits per heavy atom. The van der Waals surface area contributed by atoms with Crippen molar-refractivity contribution in [1.29, 1.82) is 0 Å². The molecule has 1 aromatic heterocycles. The standard InChI is InChI=1S/C22H23FN4O3/c1-3-12-25(13-4-2)22(28)21-15-20(18-10-5-6-11-19(18)23)24-26(21)16-8-7-9-17(14-16)27(29)30/h5-11,14-15H,3-4,12-13H2,1-2H3. The molecule has 0 radical (unpaired) electrons. The smallest absolute Gasteiger partial charge is 0.272 e. The molecule has 0 fully saturated rings. The highest BCUT2D eigenvalue weighted by Crippen LogP contribution is 2.26. The van der Waals surface area contributed by atoms with Crippen molar-refractivity contribution >= 4 is 11.6 Å². The number of nitro benzene ring substituents is 1. The molecule has 0 spiro atoms. The van der Waals surface area contributed by atoms with Crippen molar-refractivity contribution in [2.75, 3.05) is 13.1 Å². The lowest BCUT2D eigenvalue weighted by molar-refractivity contribution is -0.384. The average Bonchev–Trinajstić information content (AvgIpc) is 3.18. The van der Waals surface area contributed by atoms with Gasteiger partial charge in [0, 0.05) is 30.8 Å². The van der Waals surface area contributed by atoms with E-state index in [1.165, 1.54) is 35.0 Å². The molecule has 0 aliphatic heterocycles. The number of amides is 1. The number of aromatic nitrogens is 2. The van der Waals surface area contributed by atoms with Crippen LogP contribution in [0, 0.1) is 15.9 Å². The molecule has 0 N–H and O–H groups in total. The highest BCUT2D eigenvalue weighted by atomic mass is 19.1. The van der Waals surface area contributed by atoms with Crippen LogP contribution < -0.4 is 0 Å². The Kier molecular flexibility index (Phi) is 6.56. The zero-order chi connectivity index (χ0) is 21.7. The van der Waals surface area contributed by atoms with Gasteiger partial charge in [-0.2, -0.15) is 5.10 Å². The Bertz CT molecular complexity index is 1060. The first-order valence-electron chi connectivity index (χ1n) is 9.85. The summed E-state index contributed by atoms with van der Waals surface area (Å²) < 4.78 is 15.7. The second-order valence-electron chi connectivity index (χ2n) is 6.88. The quantitative estimate of drug-likeness (QED) is 0.393. The third-order valence-corrected chi connectivity index (χ3v) is 4.64. The predicted octanol–water partition coefficient (Wildman–Crippen LogP) is 4.85. The molecule has 1 heterocycles. The third kappa shape index (κ3) is 4.37. The maximum atomic E-state index is 14.4. The van der Waals surface area contributed by atoms with Gasteiger partial charge >= 0.3 is 0 Å². The van der Waals surface area contributed by atoms with Gasteiger partial charge in [-0.05, 0) is 37.1 Å². The van der Waals surface area contributed by atoms with Gasteiger partial charge in [0.25, 0.3) is 11.6 Å². The minimum absolute atomic E-state index is 0.118. The Morgan fingerprint density at radius 1 is 1.10 bits per heavy atom. The molecule has 0 unspecified atom stereocenters. The average molecular weight is 410 g/mol. The van der Waals surface area contributed by atoms with Crippen molar-refractivity contribution in [3.8, 4) is 16.9 Å². The van der Waals surface area contributed by atoms with Crippen LogP contribution in [-0.4, -0.2) is 38.6 Å². The first kappa shape index (κ1) is 21.2. The van der Waals surface area contributed by atoms with Crippen LogP contribution in [0.2, 0.25) is 0 Å². The molecule has 0 aliphatic rings. The van der Waals surface area contributed by atoms with Gasteiger partial charge in [0.1, 0.15) is 11.5 Å². The van der Waals surface area contributed by atoms with E-state index >= 15 is 0 Å². The molecule has 0 atom stereocenters. The number of halogens is 1. The molecule has 0 aliphatic carbocycles. The van der Waals surface area contributed by atoms with E-state index in [-0.39, 0.29) is 28.5 Å². The summed E-state index contributed by atoms with van der Waals surface area (Å²) in [5.41, 5.74) is 1.02. The molecule has 0 saturated carbocycles. The second kappa shape index (κ2) is 9.30. The van der Waals surface area contributed by atoms with Crippen LogP contribution in [0.4, 0.5) is 10.1 Å². The molecule has 3 aromatic rings. The number of nitro groups is 1. The van der Waals surface area contributed by atoms with Crippen molar-refractivity contribution in [2.45, 2.75) is 26.7 Å². The zero-order valence-corrected chi connectivity index (χ0v) is 16.9. The topological polar surface area (TPSA) is 81.3 Å². The number of benzene rings is 2. The summed E-state index contributed by atoms with van der Waals surface area (Å²) in [5, 5.41) is 15.6. The van der Waals surface area contributed by atoms with E-state index in [0.717, 1.165) is 12.8 Å². The molecule has 7 nitrogen and oxygen atoms in total. The summed E-state index contributed by atoms with van der Waals surface area (Å²) in [6.45, 7) is 5.11. The van der Waals surface area contributed by atoms with E-state index in [4.69, 9.17) is 0 Å². The van der Waals surface area contributed by atoms with E-state index in [9.17, 15) is 19.3 Å². The monoisotopic (exact) mass is 410 g/mol. The largest absolute Gasteiger partial charge is 0.337 e. The Labute approximate surface area is 173 Å². The fraction of sp³-hybridized carbons (Fsp3) is 0.273. The van der Waals surface area contributed by atoms with Gasteiger partial charge < -0.3 is 4.90 Å². The summed E-state index contributed by atoms with van der Waals surface area (Å²) >= 11 is 0. The van der Waals surface area contributed by atoms with E-state index in [1.807, 2.05) is 13.8 Å². The third-order valence-electron chi connectivity index (χ3n) is 4.64. The highest BCUT2D eigenvalue weighted by molar-refractivity contribution is 5.94. The maximum Gasteiger partial charge on any atom is 0.272 e. The van der Waals surface area contributed by atoms with Crippen molar-refractivity contribution in [3.63, 3.8) is 0 Å². The second-order valence-corrected chi connectivity index (χ2v) is 6.88. The molecule has 8 heteroatoms. The molecule has 156 valence electrons. The minimum Gasteiger partial charge on any atom is -0.337 e. The SMILES string of the molecule is CCCN(CCC)C(=O)c1cc(-c2ccccc2F)nn1-c1cccc([N+](=O)[O-])c1. The molecule has 1 amide bonds. The summed E-state index contributed by atoms with van der Waals surface area (Å²) in [6.07, 6.45) is 1.58. The van der Waals surface area contributed by atoms with Crippen molar-refractivity contribution < 1.29 is 14.1 Å². The molecule has 30 heavy (non-hydrogen) atoms. The lowest BCUT2D eigenvalue weighted by atomic mass is 10.1. The van der Waals surface area contributed by atoms with Crippen LogP contribution in [0.5, 0.6) is 0 Å². The molecule has 0 bridgehead atoms. The molecule has 0 saturated heterocycles. The number of hydrogen-bond acceptors (Lipinski definition) is 4. The van der Waals surface area contributed by atoms with Gasteiger partial charge in [0.15, 0.2) is 0 Å². The summed E-state index contributed by atoms with van der Waals surface area (Å²) in [5.74, 6) is -0.709. The normalized spacial score (nSPS) is 10.8. The van der Waals surface area contributed by atoms with Crippen molar-refractivity contribution in [3.05, 3.63) is 76.2 Å². The van der Waals surface area contributed by atoms with Crippen molar-refractivity contribution in [1.82, 2.24) is 14.7 Å². The number of carbonyl (C=O) groups excluding carboxylic acids is 1. The van der Waals surface area contributed by atoms with E-state index in [2.05, 4.69) is 5.10 Å².